The minimum Gasteiger partial charge on any atom is -0.462 e. The molecule has 0 bridgehead atoms. The summed E-state index contributed by atoms with van der Waals surface area (Å²) in [5.74, 6) is 0.998. The van der Waals surface area contributed by atoms with Gasteiger partial charge < -0.3 is 20.3 Å². The summed E-state index contributed by atoms with van der Waals surface area (Å²) in [6, 6.07) is -0.0459. The Morgan fingerprint density at radius 2 is 2.04 bits per heavy atom. The molecule has 2 N–H and O–H groups in total. The third kappa shape index (κ3) is 6.74. The average molecular weight is 410 g/mol. The number of aliphatic imine (C=N–C) groups is 1. The zero-order valence-corrected chi connectivity index (χ0v) is 18.7. The molecule has 0 spiro atoms. The lowest BCUT2D eigenvalue weighted by Crippen LogP contribution is -2.43. The normalized spacial score (nSPS) is 17.8. The van der Waals surface area contributed by atoms with Crippen LogP contribution in [-0.4, -0.2) is 61.6 Å². The van der Waals surface area contributed by atoms with Gasteiger partial charge in [-0.3, -0.25) is 4.99 Å². The quantitative estimate of drug-likeness (QED) is 0.390. The van der Waals surface area contributed by atoms with Crippen molar-refractivity contribution in [2.75, 3.05) is 39.8 Å². The number of ether oxygens (including phenoxy) is 1. The highest BCUT2D eigenvalue weighted by Gasteiger charge is 2.20. The summed E-state index contributed by atoms with van der Waals surface area (Å²) < 4.78 is 5.10. The summed E-state index contributed by atoms with van der Waals surface area (Å²) >= 11 is 1.38. The summed E-state index contributed by atoms with van der Waals surface area (Å²) in [5, 5.41) is 7.65. The van der Waals surface area contributed by atoms with Crippen molar-refractivity contribution in [3.05, 3.63) is 15.6 Å². The number of rotatable bonds is 8. The molecule has 2 rings (SSSR count). The van der Waals surface area contributed by atoms with Crippen LogP contribution in [0.25, 0.3) is 0 Å². The van der Waals surface area contributed by atoms with Crippen LogP contribution in [0.3, 0.4) is 0 Å². The highest BCUT2D eigenvalue weighted by Crippen LogP contribution is 2.24. The van der Waals surface area contributed by atoms with E-state index in [-0.39, 0.29) is 12.0 Å². The molecule has 158 valence electrons. The van der Waals surface area contributed by atoms with Gasteiger partial charge in [0.25, 0.3) is 0 Å². The maximum atomic E-state index is 12.0. The second-order valence-corrected chi connectivity index (χ2v) is 8.50. The second-order valence-electron chi connectivity index (χ2n) is 7.47. The van der Waals surface area contributed by atoms with Crippen LogP contribution in [-0.2, 0) is 4.74 Å². The van der Waals surface area contributed by atoms with E-state index < -0.39 is 0 Å². The molecule has 1 aliphatic heterocycles. The minimum absolute atomic E-state index is 0.0459. The Morgan fingerprint density at radius 1 is 1.32 bits per heavy atom. The molecular weight excluding hydrogens is 374 g/mol. The number of likely N-dealkylation sites (tertiary alicyclic amines) is 1. The van der Waals surface area contributed by atoms with Crippen LogP contribution < -0.4 is 10.6 Å². The van der Waals surface area contributed by atoms with Gasteiger partial charge in [-0.05, 0) is 52.6 Å². The van der Waals surface area contributed by atoms with Crippen LogP contribution in [0.4, 0.5) is 0 Å². The van der Waals surface area contributed by atoms with E-state index in [1.165, 1.54) is 43.7 Å². The molecule has 28 heavy (non-hydrogen) atoms. The number of aryl methyl sites for hydroxylation is 1. The second kappa shape index (κ2) is 11.4. The maximum absolute atomic E-state index is 12.0. The largest absolute Gasteiger partial charge is 0.462 e. The number of piperidine rings is 1. The van der Waals surface area contributed by atoms with Gasteiger partial charge >= 0.3 is 5.97 Å². The van der Waals surface area contributed by atoms with Crippen molar-refractivity contribution in [1.29, 1.82) is 0 Å². The first kappa shape index (κ1) is 22.6. The van der Waals surface area contributed by atoms with Gasteiger partial charge in [-0.25, -0.2) is 9.78 Å². The predicted molar refractivity (Wildman–Crippen MR) is 115 cm³/mol. The number of hydrogen-bond acceptors (Lipinski definition) is 6. The lowest BCUT2D eigenvalue weighted by Gasteiger charge is -2.29. The Balaban J connectivity index is 1.84. The first-order chi connectivity index (χ1) is 13.4. The number of carbonyl (C=O) groups is 1. The van der Waals surface area contributed by atoms with E-state index in [2.05, 4.69) is 32.4 Å². The first-order valence-corrected chi connectivity index (χ1v) is 11.1. The highest BCUT2D eigenvalue weighted by molar-refractivity contribution is 7.13. The fraction of sp³-hybridized carbons (Fsp3) is 0.750. The zero-order valence-electron chi connectivity index (χ0n) is 17.9. The number of esters is 1. The predicted octanol–water partition coefficient (Wildman–Crippen LogP) is 2.98. The zero-order chi connectivity index (χ0) is 20.5. The number of nitrogens with one attached hydrogen (secondary N) is 2. The molecule has 8 heteroatoms. The standard InChI is InChI=1S/C20H35N5O2S/c1-6-27-19(26)17-15(3)23-18(28-17)16(4)24-20(21-5)22-12-14(2)13-25-10-8-7-9-11-25/h14,16H,6-13H2,1-5H3,(H2,21,22,24). The number of nitrogens with zero attached hydrogens (tertiary/aromatic N) is 3. The van der Waals surface area contributed by atoms with Gasteiger partial charge in [0.15, 0.2) is 5.96 Å². The number of aromatic nitrogens is 1. The van der Waals surface area contributed by atoms with Gasteiger partial charge in [0.1, 0.15) is 9.88 Å². The van der Waals surface area contributed by atoms with E-state index in [0.29, 0.717) is 23.1 Å². The highest BCUT2D eigenvalue weighted by atomic mass is 32.1. The summed E-state index contributed by atoms with van der Waals surface area (Å²) in [6.07, 6.45) is 4.01. The number of hydrogen-bond donors (Lipinski definition) is 2. The van der Waals surface area contributed by atoms with E-state index >= 15 is 0 Å². The van der Waals surface area contributed by atoms with Crippen LogP contribution in [0.2, 0.25) is 0 Å². The van der Waals surface area contributed by atoms with Gasteiger partial charge in [-0.15, -0.1) is 11.3 Å². The molecule has 1 aliphatic rings. The van der Waals surface area contributed by atoms with Gasteiger partial charge in [-0.2, -0.15) is 0 Å². The van der Waals surface area contributed by atoms with Crippen LogP contribution in [0.15, 0.2) is 4.99 Å². The molecule has 0 saturated carbocycles. The molecule has 1 aromatic heterocycles. The van der Waals surface area contributed by atoms with Crippen molar-refractivity contribution in [2.24, 2.45) is 10.9 Å². The smallest absolute Gasteiger partial charge is 0.350 e. The first-order valence-electron chi connectivity index (χ1n) is 10.3. The van der Waals surface area contributed by atoms with Crippen molar-refractivity contribution in [3.63, 3.8) is 0 Å². The third-order valence-corrected chi connectivity index (χ3v) is 6.18. The van der Waals surface area contributed by atoms with Crippen LogP contribution in [0.5, 0.6) is 0 Å². The molecule has 1 aromatic rings. The van der Waals surface area contributed by atoms with Crippen LogP contribution >= 0.6 is 11.3 Å². The molecule has 0 radical (unpaired) electrons. The van der Waals surface area contributed by atoms with Crippen LogP contribution in [0.1, 0.15) is 66.4 Å². The lowest BCUT2D eigenvalue weighted by molar-refractivity contribution is 0.0531. The molecule has 1 fully saturated rings. The van der Waals surface area contributed by atoms with E-state index in [0.717, 1.165) is 24.1 Å². The fourth-order valence-electron chi connectivity index (χ4n) is 3.37. The van der Waals surface area contributed by atoms with Crippen LogP contribution in [0, 0.1) is 12.8 Å². The molecule has 0 aliphatic carbocycles. The number of guanidine groups is 1. The molecule has 2 atom stereocenters. The van der Waals surface area contributed by atoms with Crippen molar-refractivity contribution in [2.45, 2.75) is 53.0 Å². The monoisotopic (exact) mass is 409 g/mol. The summed E-state index contributed by atoms with van der Waals surface area (Å²) in [6.45, 7) is 12.7. The van der Waals surface area contributed by atoms with Crippen molar-refractivity contribution in [1.82, 2.24) is 20.5 Å². The molecule has 2 unspecified atom stereocenters. The summed E-state index contributed by atoms with van der Waals surface area (Å²) in [7, 11) is 1.77. The Hall–Kier alpha value is -1.67. The Morgan fingerprint density at radius 3 is 2.68 bits per heavy atom. The van der Waals surface area contributed by atoms with Crippen molar-refractivity contribution in [3.8, 4) is 0 Å². The van der Waals surface area contributed by atoms with Gasteiger partial charge in [0, 0.05) is 20.1 Å². The van der Waals surface area contributed by atoms with E-state index in [1.54, 1.807) is 14.0 Å². The Kier molecular flexibility index (Phi) is 9.18. The minimum atomic E-state index is -0.301. The molecule has 0 aromatic carbocycles. The fourth-order valence-corrected chi connectivity index (χ4v) is 4.33. The molecule has 1 saturated heterocycles. The van der Waals surface area contributed by atoms with E-state index in [9.17, 15) is 4.79 Å². The Bertz CT molecular complexity index is 655. The number of thiazole rings is 1. The average Bonchev–Trinajstić information content (AvgIpc) is 3.08. The van der Waals surface area contributed by atoms with Crippen molar-refractivity contribution >= 4 is 23.3 Å². The lowest BCUT2D eigenvalue weighted by atomic mass is 10.1. The van der Waals surface area contributed by atoms with Crippen molar-refractivity contribution < 1.29 is 9.53 Å². The number of carbonyl (C=O) groups excluding carboxylic acids is 1. The summed E-state index contributed by atoms with van der Waals surface area (Å²) in [4.78, 5) is 24.0. The molecule has 7 nitrogen and oxygen atoms in total. The molecule has 0 amide bonds. The topological polar surface area (TPSA) is 78.8 Å². The van der Waals surface area contributed by atoms with Gasteiger partial charge in [0.05, 0.1) is 18.3 Å². The van der Waals surface area contributed by atoms with E-state index in [4.69, 9.17) is 4.74 Å². The maximum Gasteiger partial charge on any atom is 0.350 e. The SMILES string of the molecule is CCOC(=O)c1sc(C(C)NC(=NC)NCC(C)CN2CCCCC2)nc1C. The third-order valence-electron chi connectivity index (χ3n) is 4.86. The molecular formula is C20H35N5O2S. The summed E-state index contributed by atoms with van der Waals surface area (Å²) in [5.41, 5.74) is 0.713. The molecule has 2 heterocycles. The van der Waals surface area contributed by atoms with E-state index in [1.807, 2.05) is 13.8 Å². The Labute approximate surface area is 173 Å². The van der Waals surface area contributed by atoms with Gasteiger partial charge in [0.2, 0.25) is 0 Å². The van der Waals surface area contributed by atoms with Gasteiger partial charge in [-0.1, -0.05) is 13.3 Å².